The Kier molecular flexibility index (Phi) is 8.06. The molecule has 5 nitrogen and oxygen atoms in total. The highest BCUT2D eigenvalue weighted by atomic mass is 35.5. The molecule has 0 aliphatic heterocycles. The SMILES string of the molecule is CS(=O)(=O)N(Cc1ccc(C(=O)NCCc2ccc(Cl)cc2)cc1)c1cc(Cl)cc(Cl)c1. The lowest BCUT2D eigenvalue weighted by Gasteiger charge is -2.23. The largest absolute Gasteiger partial charge is 0.352 e. The van der Waals surface area contributed by atoms with Gasteiger partial charge in [0.15, 0.2) is 0 Å². The first-order valence-corrected chi connectivity index (χ1v) is 12.7. The van der Waals surface area contributed by atoms with E-state index in [4.69, 9.17) is 34.8 Å². The van der Waals surface area contributed by atoms with Crippen molar-refractivity contribution in [1.82, 2.24) is 5.32 Å². The van der Waals surface area contributed by atoms with Gasteiger partial charge in [-0.2, -0.15) is 0 Å². The summed E-state index contributed by atoms with van der Waals surface area (Å²) < 4.78 is 25.9. The minimum atomic E-state index is -3.59. The van der Waals surface area contributed by atoms with E-state index in [1.54, 1.807) is 24.3 Å². The van der Waals surface area contributed by atoms with Crippen LogP contribution in [0.25, 0.3) is 0 Å². The molecule has 0 bridgehead atoms. The van der Waals surface area contributed by atoms with E-state index in [-0.39, 0.29) is 12.5 Å². The fourth-order valence-electron chi connectivity index (χ4n) is 3.08. The third-order valence-corrected chi connectivity index (χ3v) is 6.52. The van der Waals surface area contributed by atoms with Gasteiger partial charge in [0, 0.05) is 27.2 Å². The number of anilines is 1. The Morgan fingerprint density at radius 2 is 1.41 bits per heavy atom. The molecule has 0 aliphatic rings. The molecule has 0 heterocycles. The number of rotatable bonds is 8. The Morgan fingerprint density at radius 1 is 0.844 bits per heavy atom. The van der Waals surface area contributed by atoms with Crippen molar-refractivity contribution in [2.45, 2.75) is 13.0 Å². The van der Waals surface area contributed by atoms with E-state index in [0.29, 0.717) is 44.8 Å². The molecule has 0 aliphatic carbocycles. The van der Waals surface area contributed by atoms with Gasteiger partial charge in [-0.15, -0.1) is 0 Å². The standard InChI is InChI=1S/C23H21Cl3N2O3S/c1-32(30,31)28(22-13-20(25)12-21(26)14-22)15-17-2-6-18(7-3-17)23(29)27-11-10-16-4-8-19(24)9-5-16/h2-9,12-14H,10-11,15H2,1H3,(H,27,29). The quantitative estimate of drug-likeness (QED) is 0.429. The molecule has 32 heavy (non-hydrogen) atoms. The molecular formula is C23H21Cl3N2O3S. The predicted octanol–water partition coefficient (Wildman–Crippen LogP) is 5.59. The molecule has 0 radical (unpaired) electrons. The molecule has 0 spiro atoms. The first kappa shape index (κ1) is 24.4. The Hall–Kier alpha value is -2.25. The van der Waals surface area contributed by atoms with Gasteiger partial charge in [-0.25, -0.2) is 8.42 Å². The Bertz CT molecular complexity index is 1180. The average Bonchev–Trinajstić information content (AvgIpc) is 2.72. The van der Waals surface area contributed by atoms with Crippen molar-refractivity contribution in [3.05, 3.63) is 98.5 Å². The maximum absolute atomic E-state index is 12.4. The van der Waals surface area contributed by atoms with Gasteiger partial charge in [-0.1, -0.05) is 59.1 Å². The van der Waals surface area contributed by atoms with Crippen LogP contribution in [0.1, 0.15) is 21.5 Å². The van der Waals surface area contributed by atoms with Crippen molar-refractivity contribution in [1.29, 1.82) is 0 Å². The molecule has 0 saturated carbocycles. The molecule has 0 atom stereocenters. The second-order valence-corrected chi connectivity index (χ2v) is 10.4. The lowest BCUT2D eigenvalue weighted by Crippen LogP contribution is -2.29. The van der Waals surface area contributed by atoms with Crippen molar-refractivity contribution in [2.24, 2.45) is 0 Å². The van der Waals surface area contributed by atoms with E-state index in [9.17, 15) is 13.2 Å². The third kappa shape index (κ3) is 6.87. The summed E-state index contributed by atoms with van der Waals surface area (Å²) in [7, 11) is -3.59. The van der Waals surface area contributed by atoms with Gasteiger partial charge in [-0.3, -0.25) is 9.10 Å². The molecule has 168 valence electrons. The fourth-order valence-corrected chi connectivity index (χ4v) is 4.60. The van der Waals surface area contributed by atoms with Crippen LogP contribution in [0, 0.1) is 0 Å². The Balaban J connectivity index is 1.65. The van der Waals surface area contributed by atoms with Crippen LogP contribution in [-0.2, 0) is 23.0 Å². The van der Waals surface area contributed by atoms with Gasteiger partial charge in [0.05, 0.1) is 18.5 Å². The number of hydrogen-bond donors (Lipinski definition) is 1. The first-order valence-electron chi connectivity index (χ1n) is 9.67. The van der Waals surface area contributed by atoms with E-state index in [1.165, 1.54) is 22.5 Å². The van der Waals surface area contributed by atoms with Gasteiger partial charge in [-0.05, 0) is 60.0 Å². The first-order chi connectivity index (χ1) is 15.1. The molecule has 1 N–H and O–H groups in total. The third-order valence-electron chi connectivity index (χ3n) is 4.69. The van der Waals surface area contributed by atoms with Crippen LogP contribution < -0.4 is 9.62 Å². The zero-order valence-electron chi connectivity index (χ0n) is 17.2. The predicted molar refractivity (Wildman–Crippen MR) is 131 cm³/mol. The second kappa shape index (κ2) is 10.6. The van der Waals surface area contributed by atoms with Gasteiger partial charge < -0.3 is 5.32 Å². The van der Waals surface area contributed by atoms with E-state index >= 15 is 0 Å². The second-order valence-electron chi connectivity index (χ2n) is 7.23. The summed E-state index contributed by atoms with van der Waals surface area (Å²) in [5, 5.41) is 4.23. The number of nitrogens with zero attached hydrogens (tertiary/aromatic N) is 1. The molecule has 0 aromatic heterocycles. The summed E-state index contributed by atoms with van der Waals surface area (Å²) in [5.74, 6) is -0.202. The zero-order valence-corrected chi connectivity index (χ0v) is 20.3. The Labute approximate surface area is 203 Å². The summed E-state index contributed by atoms with van der Waals surface area (Å²) in [6.07, 6.45) is 1.80. The summed E-state index contributed by atoms with van der Waals surface area (Å²) >= 11 is 17.9. The molecule has 0 saturated heterocycles. The average molecular weight is 512 g/mol. The number of benzene rings is 3. The van der Waals surface area contributed by atoms with Crippen molar-refractivity contribution >= 4 is 56.4 Å². The number of carbonyl (C=O) groups excluding carboxylic acids is 1. The highest BCUT2D eigenvalue weighted by Crippen LogP contribution is 2.28. The highest BCUT2D eigenvalue weighted by molar-refractivity contribution is 7.92. The lowest BCUT2D eigenvalue weighted by molar-refractivity contribution is 0.0954. The number of sulfonamides is 1. The maximum atomic E-state index is 12.4. The molecule has 1 amide bonds. The summed E-state index contributed by atoms with van der Waals surface area (Å²) in [6, 6.07) is 18.9. The molecule has 9 heteroatoms. The van der Waals surface area contributed by atoms with E-state index in [1.807, 2.05) is 24.3 Å². The molecule has 3 aromatic carbocycles. The molecule has 0 fully saturated rings. The van der Waals surface area contributed by atoms with Gasteiger partial charge >= 0.3 is 0 Å². The lowest BCUT2D eigenvalue weighted by atomic mass is 10.1. The zero-order chi connectivity index (χ0) is 23.3. The van der Waals surface area contributed by atoms with Crippen molar-refractivity contribution in [2.75, 3.05) is 17.1 Å². The highest BCUT2D eigenvalue weighted by Gasteiger charge is 2.19. The Morgan fingerprint density at radius 3 is 1.97 bits per heavy atom. The number of halogens is 3. The number of amides is 1. The number of carbonyl (C=O) groups is 1. The van der Waals surface area contributed by atoms with Gasteiger partial charge in [0.1, 0.15) is 0 Å². The van der Waals surface area contributed by atoms with E-state index in [2.05, 4.69) is 5.32 Å². The van der Waals surface area contributed by atoms with Crippen LogP contribution in [0.2, 0.25) is 15.1 Å². The van der Waals surface area contributed by atoms with Crippen LogP contribution in [0.4, 0.5) is 5.69 Å². The monoisotopic (exact) mass is 510 g/mol. The van der Waals surface area contributed by atoms with Crippen LogP contribution in [0.15, 0.2) is 66.7 Å². The molecule has 3 aromatic rings. The van der Waals surface area contributed by atoms with Crippen LogP contribution in [0.3, 0.4) is 0 Å². The van der Waals surface area contributed by atoms with Gasteiger partial charge in [0.2, 0.25) is 10.0 Å². The van der Waals surface area contributed by atoms with E-state index in [0.717, 1.165) is 11.8 Å². The molecule has 0 unspecified atom stereocenters. The number of hydrogen-bond acceptors (Lipinski definition) is 3. The summed E-state index contributed by atoms with van der Waals surface area (Å²) in [5.41, 5.74) is 2.65. The van der Waals surface area contributed by atoms with Crippen LogP contribution >= 0.6 is 34.8 Å². The summed E-state index contributed by atoms with van der Waals surface area (Å²) in [4.78, 5) is 12.4. The van der Waals surface area contributed by atoms with E-state index < -0.39 is 10.0 Å². The maximum Gasteiger partial charge on any atom is 0.251 e. The minimum Gasteiger partial charge on any atom is -0.352 e. The molecule has 3 rings (SSSR count). The minimum absolute atomic E-state index is 0.0774. The fraction of sp³-hybridized carbons (Fsp3) is 0.174. The normalized spacial score (nSPS) is 11.2. The smallest absolute Gasteiger partial charge is 0.251 e. The van der Waals surface area contributed by atoms with Crippen molar-refractivity contribution in [3.8, 4) is 0 Å². The molecular weight excluding hydrogens is 491 g/mol. The summed E-state index contributed by atoms with van der Waals surface area (Å²) in [6.45, 7) is 0.563. The topological polar surface area (TPSA) is 66.5 Å². The van der Waals surface area contributed by atoms with Crippen molar-refractivity contribution in [3.63, 3.8) is 0 Å². The van der Waals surface area contributed by atoms with Crippen LogP contribution in [0.5, 0.6) is 0 Å². The van der Waals surface area contributed by atoms with Crippen LogP contribution in [-0.4, -0.2) is 27.1 Å². The van der Waals surface area contributed by atoms with Gasteiger partial charge in [0.25, 0.3) is 5.91 Å². The number of nitrogens with one attached hydrogen (secondary N) is 1. The van der Waals surface area contributed by atoms with Crippen molar-refractivity contribution < 1.29 is 13.2 Å².